The number of ether oxygens (including phenoxy) is 1. The molecular formula is C30H37N3O5S. The predicted octanol–water partition coefficient (Wildman–Crippen LogP) is 4.45. The molecule has 3 aromatic carbocycles. The fourth-order valence-electron chi connectivity index (χ4n) is 4.14. The number of amides is 2. The number of hydrogen-bond acceptors (Lipinski definition) is 5. The van der Waals surface area contributed by atoms with E-state index < -0.39 is 28.5 Å². The number of para-hydroxylation sites is 2. The van der Waals surface area contributed by atoms with Gasteiger partial charge in [-0.1, -0.05) is 61.0 Å². The van der Waals surface area contributed by atoms with Crippen molar-refractivity contribution in [1.82, 2.24) is 10.2 Å². The number of carbonyl (C=O) groups excluding carboxylic acids is 2. The Morgan fingerprint density at radius 3 is 2.23 bits per heavy atom. The zero-order valence-corrected chi connectivity index (χ0v) is 24.0. The number of sulfonamides is 1. The topological polar surface area (TPSA) is 96.0 Å². The summed E-state index contributed by atoms with van der Waals surface area (Å²) in [5, 5.41) is 2.85. The summed E-state index contributed by atoms with van der Waals surface area (Å²) < 4.78 is 34.4. The van der Waals surface area contributed by atoms with Crippen molar-refractivity contribution in [3.8, 4) is 5.75 Å². The summed E-state index contributed by atoms with van der Waals surface area (Å²) in [7, 11) is -2.72. The van der Waals surface area contributed by atoms with Crippen LogP contribution in [0, 0.1) is 13.8 Å². The molecule has 0 saturated heterocycles. The summed E-state index contributed by atoms with van der Waals surface area (Å²) in [6.45, 7) is 7.51. The Morgan fingerprint density at radius 2 is 1.59 bits per heavy atom. The molecule has 0 saturated carbocycles. The summed E-state index contributed by atoms with van der Waals surface area (Å²) >= 11 is 0. The van der Waals surface area contributed by atoms with Crippen LogP contribution in [0.5, 0.6) is 5.75 Å². The standard InChI is InChI=1S/C30H37N3O5S/c1-6-19-31-30(35)24(4)32(20-25-12-8-7-11-23(25)3)29(34)21-33(27-13-9-10-14-28(27)38-5)39(36,37)26-17-15-22(2)16-18-26/h7-18,24H,6,19-21H2,1-5H3,(H,31,35). The third-order valence-corrected chi connectivity index (χ3v) is 8.33. The molecule has 0 aliphatic heterocycles. The molecule has 8 nitrogen and oxygen atoms in total. The quantitative estimate of drug-likeness (QED) is 0.359. The number of hydrogen-bond donors (Lipinski definition) is 1. The third kappa shape index (κ3) is 7.17. The van der Waals surface area contributed by atoms with E-state index in [4.69, 9.17) is 4.74 Å². The molecule has 208 valence electrons. The van der Waals surface area contributed by atoms with Gasteiger partial charge in [-0.05, 0) is 62.6 Å². The molecule has 0 aromatic heterocycles. The number of aryl methyl sites for hydroxylation is 2. The summed E-state index contributed by atoms with van der Waals surface area (Å²) in [5.74, 6) is -0.511. The van der Waals surface area contributed by atoms with E-state index in [1.165, 1.54) is 24.1 Å². The lowest BCUT2D eigenvalue weighted by atomic mass is 10.1. The second kappa shape index (κ2) is 13.3. The van der Waals surface area contributed by atoms with Crippen molar-refractivity contribution in [2.75, 3.05) is 24.5 Å². The Balaban J connectivity index is 2.07. The van der Waals surface area contributed by atoms with Crippen molar-refractivity contribution in [1.29, 1.82) is 0 Å². The lowest BCUT2D eigenvalue weighted by Gasteiger charge is -2.32. The molecule has 1 N–H and O–H groups in total. The van der Waals surface area contributed by atoms with Crippen LogP contribution in [-0.4, -0.2) is 51.4 Å². The van der Waals surface area contributed by atoms with Gasteiger partial charge in [0.25, 0.3) is 10.0 Å². The number of benzene rings is 3. The lowest BCUT2D eigenvalue weighted by molar-refractivity contribution is -0.139. The van der Waals surface area contributed by atoms with Crippen molar-refractivity contribution in [2.24, 2.45) is 0 Å². The van der Waals surface area contributed by atoms with Gasteiger partial charge in [0.2, 0.25) is 11.8 Å². The Labute approximate surface area is 231 Å². The minimum atomic E-state index is -4.17. The van der Waals surface area contributed by atoms with E-state index in [1.54, 1.807) is 43.3 Å². The van der Waals surface area contributed by atoms with Gasteiger partial charge >= 0.3 is 0 Å². The third-order valence-electron chi connectivity index (χ3n) is 6.56. The second-order valence-corrected chi connectivity index (χ2v) is 11.3. The SMILES string of the molecule is CCCNC(=O)C(C)N(Cc1ccccc1C)C(=O)CN(c1ccccc1OC)S(=O)(=O)c1ccc(C)cc1. The highest BCUT2D eigenvalue weighted by molar-refractivity contribution is 7.92. The number of anilines is 1. The average molecular weight is 552 g/mol. The first-order valence-electron chi connectivity index (χ1n) is 12.9. The molecule has 3 aromatic rings. The highest BCUT2D eigenvalue weighted by Crippen LogP contribution is 2.32. The van der Waals surface area contributed by atoms with Crippen molar-refractivity contribution in [3.63, 3.8) is 0 Å². The van der Waals surface area contributed by atoms with Crippen molar-refractivity contribution in [2.45, 2.75) is 51.6 Å². The molecule has 0 fully saturated rings. The van der Waals surface area contributed by atoms with Gasteiger partial charge in [-0.15, -0.1) is 0 Å². The van der Waals surface area contributed by atoms with Gasteiger partial charge in [0.15, 0.2) is 0 Å². The Kier molecular flexibility index (Phi) is 10.1. The molecule has 0 aliphatic carbocycles. The van der Waals surface area contributed by atoms with E-state index in [1.807, 2.05) is 45.0 Å². The number of carbonyl (C=O) groups is 2. The lowest BCUT2D eigenvalue weighted by Crippen LogP contribution is -2.51. The van der Waals surface area contributed by atoms with Crippen molar-refractivity contribution < 1.29 is 22.7 Å². The smallest absolute Gasteiger partial charge is 0.264 e. The maximum atomic E-state index is 14.0. The molecule has 9 heteroatoms. The monoisotopic (exact) mass is 551 g/mol. The molecule has 0 heterocycles. The van der Waals surface area contributed by atoms with Gasteiger partial charge in [0.1, 0.15) is 18.3 Å². The van der Waals surface area contributed by atoms with E-state index in [9.17, 15) is 18.0 Å². The minimum Gasteiger partial charge on any atom is -0.495 e. The summed E-state index contributed by atoms with van der Waals surface area (Å²) in [6, 6.07) is 19.9. The Hall–Kier alpha value is -3.85. The van der Waals surface area contributed by atoms with Gasteiger partial charge in [0.05, 0.1) is 17.7 Å². The fraction of sp³-hybridized carbons (Fsp3) is 0.333. The summed E-state index contributed by atoms with van der Waals surface area (Å²) in [6.07, 6.45) is 0.751. The van der Waals surface area contributed by atoms with Crippen molar-refractivity contribution >= 4 is 27.5 Å². The number of nitrogens with one attached hydrogen (secondary N) is 1. The number of rotatable bonds is 12. The van der Waals surface area contributed by atoms with Crippen LogP contribution in [0.15, 0.2) is 77.7 Å². The highest BCUT2D eigenvalue weighted by Gasteiger charge is 2.33. The minimum absolute atomic E-state index is 0.0472. The normalized spacial score (nSPS) is 11.9. The van der Waals surface area contributed by atoms with E-state index >= 15 is 0 Å². The maximum absolute atomic E-state index is 14.0. The van der Waals surface area contributed by atoms with Crippen LogP contribution in [0.25, 0.3) is 0 Å². The van der Waals surface area contributed by atoms with E-state index in [0.29, 0.717) is 12.3 Å². The van der Waals surface area contributed by atoms with Gasteiger partial charge in [-0.3, -0.25) is 13.9 Å². The van der Waals surface area contributed by atoms with Gasteiger partial charge in [-0.25, -0.2) is 8.42 Å². The van der Waals surface area contributed by atoms with Crippen LogP contribution >= 0.6 is 0 Å². The molecular weight excluding hydrogens is 514 g/mol. The summed E-state index contributed by atoms with van der Waals surface area (Å²) in [4.78, 5) is 28.4. The van der Waals surface area contributed by atoms with E-state index in [2.05, 4.69) is 5.32 Å². The molecule has 0 aliphatic rings. The van der Waals surface area contributed by atoms with E-state index in [0.717, 1.165) is 27.4 Å². The molecule has 0 bridgehead atoms. The predicted molar refractivity (Wildman–Crippen MR) is 153 cm³/mol. The zero-order valence-electron chi connectivity index (χ0n) is 23.2. The Bertz CT molecular complexity index is 1390. The molecule has 0 radical (unpaired) electrons. The van der Waals surface area contributed by atoms with Gasteiger partial charge in [-0.2, -0.15) is 0 Å². The molecule has 3 rings (SSSR count). The molecule has 2 amide bonds. The fourth-order valence-corrected chi connectivity index (χ4v) is 5.56. The van der Waals surface area contributed by atoms with Gasteiger partial charge < -0.3 is 15.0 Å². The van der Waals surface area contributed by atoms with Crippen LogP contribution < -0.4 is 14.4 Å². The van der Waals surface area contributed by atoms with Gasteiger partial charge in [0, 0.05) is 13.1 Å². The number of methoxy groups -OCH3 is 1. The van der Waals surface area contributed by atoms with Crippen LogP contribution in [0.1, 0.15) is 37.0 Å². The first-order valence-corrected chi connectivity index (χ1v) is 14.4. The number of nitrogens with zero attached hydrogens (tertiary/aromatic N) is 2. The first kappa shape index (κ1) is 29.7. The molecule has 0 spiro atoms. The molecule has 1 unspecified atom stereocenters. The largest absolute Gasteiger partial charge is 0.495 e. The highest BCUT2D eigenvalue weighted by atomic mass is 32.2. The zero-order chi connectivity index (χ0) is 28.6. The van der Waals surface area contributed by atoms with Crippen LogP contribution in [0.3, 0.4) is 0 Å². The molecule has 39 heavy (non-hydrogen) atoms. The average Bonchev–Trinajstić information content (AvgIpc) is 2.93. The van der Waals surface area contributed by atoms with E-state index in [-0.39, 0.29) is 23.0 Å². The maximum Gasteiger partial charge on any atom is 0.264 e. The first-order chi connectivity index (χ1) is 18.6. The van der Waals surface area contributed by atoms with Crippen LogP contribution in [0.4, 0.5) is 5.69 Å². The second-order valence-electron chi connectivity index (χ2n) is 9.41. The van der Waals surface area contributed by atoms with Crippen LogP contribution in [0.2, 0.25) is 0 Å². The van der Waals surface area contributed by atoms with Crippen molar-refractivity contribution in [3.05, 3.63) is 89.5 Å². The Morgan fingerprint density at radius 1 is 0.949 bits per heavy atom. The molecule has 1 atom stereocenters. The summed E-state index contributed by atoms with van der Waals surface area (Å²) in [5.41, 5.74) is 2.97. The van der Waals surface area contributed by atoms with Crippen LogP contribution in [-0.2, 0) is 26.2 Å².